The van der Waals surface area contributed by atoms with E-state index in [1.165, 1.54) is 0 Å². The van der Waals surface area contributed by atoms with Gasteiger partial charge in [0, 0.05) is 13.1 Å². The van der Waals surface area contributed by atoms with Crippen molar-refractivity contribution < 1.29 is 10.0 Å². The maximum Gasteiger partial charge on any atom is 0.236 e. The Kier molecular flexibility index (Phi) is 7.61. The van der Waals surface area contributed by atoms with Crippen LogP contribution >= 0.6 is 0 Å². The zero-order valence-corrected chi connectivity index (χ0v) is 13.8. The first-order chi connectivity index (χ1) is 9.28. The molecule has 0 fully saturated rings. The minimum atomic E-state index is -0.879. The van der Waals surface area contributed by atoms with Crippen LogP contribution in [-0.2, 0) is 4.79 Å². The average Bonchev–Trinajstić information content (AvgIpc) is 2.43. The van der Waals surface area contributed by atoms with Crippen LogP contribution in [0.5, 0.6) is 0 Å². The van der Waals surface area contributed by atoms with Gasteiger partial charge in [-0.25, -0.2) is 0 Å². The Morgan fingerprint density at radius 3 is 2.00 bits per heavy atom. The molecule has 5 heteroatoms. The van der Waals surface area contributed by atoms with Crippen LogP contribution in [-0.4, -0.2) is 34.9 Å². The van der Waals surface area contributed by atoms with E-state index in [1.807, 2.05) is 20.8 Å². The first kappa shape index (κ1) is 18.7. The minimum Gasteiger partial charge on any atom is -0.409 e. The molecular weight excluding hydrogens is 254 g/mol. The van der Waals surface area contributed by atoms with Crippen molar-refractivity contribution in [2.75, 3.05) is 7.05 Å². The highest BCUT2D eigenvalue weighted by Crippen LogP contribution is 2.33. The van der Waals surface area contributed by atoms with Gasteiger partial charge in [0.25, 0.3) is 0 Å². The van der Waals surface area contributed by atoms with E-state index in [-0.39, 0.29) is 17.8 Å². The highest BCUT2D eigenvalue weighted by molar-refractivity contribution is 6.06. The number of amidine groups is 1. The van der Waals surface area contributed by atoms with E-state index in [9.17, 15) is 4.79 Å². The molecule has 1 unspecified atom stereocenters. The molecule has 0 spiro atoms. The van der Waals surface area contributed by atoms with Crippen molar-refractivity contribution in [1.29, 1.82) is 0 Å². The van der Waals surface area contributed by atoms with Gasteiger partial charge in [-0.2, -0.15) is 0 Å². The second-order valence-electron chi connectivity index (χ2n) is 5.97. The summed E-state index contributed by atoms with van der Waals surface area (Å²) in [5.74, 6) is 0.351. The molecule has 5 nitrogen and oxygen atoms in total. The molecule has 0 bridgehead atoms. The van der Waals surface area contributed by atoms with Crippen LogP contribution in [0.4, 0.5) is 0 Å². The van der Waals surface area contributed by atoms with Gasteiger partial charge in [-0.3, -0.25) is 4.79 Å². The van der Waals surface area contributed by atoms with Crippen LogP contribution in [0.1, 0.15) is 60.3 Å². The van der Waals surface area contributed by atoms with Crippen LogP contribution in [0.3, 0.4) is 0 Å². The van der Waals surface area contributed by atoms with Crippen molar-refractivity contribution in [3.8, 4) is 0 Å². The minimum absolute atomic E-state index is 0.0361. The van der Waals surface area contributed by atoms with Crippen molar-refractivity contribution in [2.24, 2.45) is 22.2 Å². The number of amides is 1. The highest BCUT2D eigenvalue weighted by atomic mass is 16.4. The summed E-state index contributed by atoms with van der Waals surface area (Å²) in [4.78, 5) is 14.7. The van der Waals surface area contributed by atoms with Crippen molar-refractivity contribution in [2.45, 2.75) is 66.3 Å². The highest BCUT2D eigenvalue weighted by Gasteiger charge is 2.44. The van der Waals surface area contributed by atoms with E-state index < -0.39 is 5.41 Å². The van der Waals surface area contributed by atoms with E-state index in [0.717, 1.165) is 12.8 Å². The number of rotatable bonds is 8. The van der Waals surface area contributed by atoms with Crippen LogP contribution in [0.2, 0.25) is 0 Å². The number of nitrogens with zero attached hydrogens (tertiary/aromatic N) is 2. The molecule has 0 aromatic heterocycles. The Morgan fingerprint density at radius 1 is 1.25 bits per heavy atom. The fraction of sp³-hybridized carbons (Fsp3) is 0.867. The van der Waals surface area contributed by atoms with E-state index in [1.54, 1.807) is 11.9 Å². The van der Waals surface area contributed by atoms with Gasteiger partial charge < -0.3 is 15.8 Å². The summed E-state index contributed by atoms with van der Waals surface area (Å²) in [6, 6.07) is 0.113. The summed E-state index contributed by atoms with van der Waals surface area (Å²) in [7, 11) is 1.80. The third-order valence-electron chi connectivity index (χ3n) is 4.26. The molecular formula is C15H31N3O2. The van der Waals surface area contributed by atoms with Crippen LogP contribution in [0.15, 0.2) is 5.16 Å². The van der Waals surface area contributed by atoms with Gasteiger partial charge in [-0.1, -0.05) is 45.7 Å². The quantitative estimate of drug-likeness (QED) is 0.311. The van der Waals surface area contributed by atoms with Crippen LogP contribution < -0.4 is 5.73 Å². The smallest absolute Gasteiger partial charge is 0.236 e. The number of hydrogen-bond donors (Lipinski definition) is 2. The fourth-order valence-electron chi connectivity index (χ4n) is 2.62. The van der Waals surface area contributed by atoms with Crippen molar-refractivity contribution in [3.63, 3.8) is 0 Å². The molecule has 0 radical (unpaired) electrons. The van der Waals surface area contributed by atoms with Gasteiger partial charge >= 0.3 is 0 Å². The Bertz CT molecular complexity index is 334. The predicted molar refractivity (Wildman–Crippen MR) is 82.7 cm³/mol. The maximum atomic E-state index is 12.9. The second kappa shape index (κ2) is 8.12. The predicted octanol–water partition coefficient (Wildman–Crippen LogP) is 2.82. The zero-order chi connectivity index (χ0) is 15.9. The third kappa shape index (κ3) is 3.87. The molecule has 0 aliphatic rings. The van der Waals surface area contributed by atoms with Crippen LogP contribution in [0, 0.1) is 11.3 Å². The summed E-state index contributed by atoms with van der Waals surface area (Å²) >= 11 is 0. The monoisotopic (exact) mass is 285 g/mol. The van der Waals surface area contributed by atoms with Gasteiger partial charge in [-0.15, -0.1) is 0 Å². The second-order valence-corrected chi connectivity index (χ2v) is 5.97. The van der Waals surface area contributed by atoms with Crippen molar-refractivity contribution in [1.82, 2.24) is 4.90 Å². The zero-order valence-electron chi connectivity index (χ0n) is 13.8. The molecule has 0 aromatic carbocycles. The van der Waals surface area contributed by atoms with E-state index >= 15 is 0 Å². The van der Waals surface area contributed by atoms with Gasteiger partial charge in [0.05, 0.1) is 0 Å². The molecule has 0 aliphatic heterocycles. The number of hydrogen-bond acceptors (Lipinski definition) is 3. The first-order valence-electron chi connectivity index (χ1n) is 7.53. The Hall–Kier alpha value is -1.26. The molecule has 1 amide bonds. The molecule has 20 heavy (non-hydrogen) atoms. The Labute approximate surface area is 123 Å². The van der Waals surface area contributed by atoms with Gasteiger partial charge in [0.1, 0.15) is 5.41 Å². The van der Waals surface area contributed by atoms with Crippen molar-refractivity contribution in [3.05, 3.63) is 0 Å². The lowest BCUT2D eigenvalue weighted by Crippen LogP contribution is -2.53. The first-order valence-corrected chi connectivity index (χ1v) is 7.53. The summed E-state index contributed by atoms with van der Waals surface area (Å²) in [5, 5.41) is 12.2. The Morgan fingerprint density at radius 2 is 1.70 bits per heavy atom. The van der Waals surface area contributed by atoms with Gasteiger partial charge in [-0.05, 0) is 25.7 Å². The SMILES string of the molecule is CCCC(CCC)(C(=O)N(C)C(C)C(C)C)C(N)=NO. The molecule has 0 heterocycles. The van der Waals surface area contributed by atoms with Gasteiger partial charge in [0.15, 0.2) is 5.84 Å². The van der Waals surface area contributed by atoms with Gasteiger partial charge in [0.2, 0.25) is 5.91 Å². The van der Waals surface area contributed by atoms with E-state index in [0.29, 0.717) is 18.8 Å². The lowest BCUT2D eigenvalue weighted by Gasteiger charge is -2.38. The lowest BCUT2D eigenvalue weighted by atomic mass is 9.76. The molecule has 118 valence electrons. The van der Waals surface area contributed by atoms with Crippen LogP contribution in [0.25, 0.3) is 0 Å². The summed E-state index contributed by atoms with van der Waals surface area (Å²) in [5.41, 5.74) is 5.01. The number of carbonyl (C=O) groups is 1. The Balaban J connectivity index is 5.55. The summed E-state index contributed by atoms with van der Waals surface area (Å²) < 4.78 is 0. The molecule has 0 rings (SSSR count). The molecule has 0 saturated carbocycles. The summed E-state index contributed by atoms with van der Waals surface area (Å²) in [6.45, 7) is 10.2. The van der Waals surface area contributed by atoms with E-state index in [4.69, 9.17) is 10.9 Å². The topological polar surface area (TPSA) is 78.9 Å². The van der Waals surface area contributed by atoms with E-state index in [2.05, 4.69) is 19.0 Å². The molecule has 0 aliphatic carbocycles. The largest absolute Gasteiger partial charge is 0.409 e. The third-order valence-corrected chi connectivity index (χ3v) is 4.26. The standard InChI is InChI=1S/C15H31N3O2/c1-7-9-15(10-8-2,13(16)17-20)14(19)18(6)12(5)11(3)4/h11-12,20H,7-10H2,1-6H3,(H2,16,17). The van der Waals surface area contributed by atoms with Crippen molar-refractivity contribution >= 4 is 11.7 Å². The fourth-order valence-corrected chi connectivity index (χ4v) is 2.62. The number of oxime groups is 1. The molecule has 0 saturated heterocycles. The lowest BCUT2D eigenvalue weighted by molar-refractivity contribution is -0.140. The molecule has 0 aromatic rings. The number of carbonyl (C=O) groups excluding carboxylic acids is 1. The number of nitrogens with two attached hydrogens (primary N) is 1. The average molecular weight is 285 g/mol. The summed E-state index contributed by atoms with van der Waals surface area (Å²) in [6.07, 6.45) is 2.83. The maximum absolute atomic E-state index is 12.9. The normalized spacial score (nSPS) is 14.4. The molecule has 1 atom stereocenters. The molecule has 3 N–H and O–H groups in total.